The van der Waals surface area contributed by atoms with E-state index in [0.717, 1.165) is 24.1 Å². The Morgan fingerprint density at radius 1 is 1.19 bits per heavy atom. The van der Waals surface area contributed by atoms with Gasteiger partial charge in [-0.05, 0) is 48.2 Å². The molecule has 1 amide bonds. The summed E-state index contributed by atoms with van der Waals surface area (Å²) in [7, 11) is 0. The van der Waals surface area contributed by atoms with Crippen LogP contribution in [0.1, 0.15) is 23.1 Å². The van der Waals surface area contributed by atoms with Gasteiger partial charge in [0, 0.05) is 5.69 Å². The van der Waals surface area contributed by atoms with E-state index in [9.17, 15) is 4.79 Å². The third-order valence-electron chi connectivity index (χ3n) is 4.19. The zero-order chi connectivity index (χ0) is 18.4. The molecule has 0 aliphatic carbocycles. The van der Waals surface area contributed by atoms with E-state index in [1.165, 1.54) is 5.56 Å². The monoisotopic (exact) mass is 348 g/mol. The first-order valence-electron chi connectivity index (χ1n) is 8.46. The number of carbonyl (C=O) groups excluding carboxylic acids is 1. The van der Waals surface area contributed by atoms with Gasteiger partial charge in [0.15, 0.2) is 0 Å². The highest BCUT2D eigenvalue weighted by molar-refractivity contribution is 5.92. The lowest BCUT2D eigenvalue weighted by atomic mass is 10.1. The molecule has 6 nitrogen and oxygen atoms in total. The van der Waals surface area contributed by atoms with Gasteiger partial charge >= 0.3 is 0 Å². The summed E-state index contributed by atoms with van der Waals surface area (Å²) in [6.45, 7) is 0.551. The first-order valence-corrected chi connectivity index (χ1v) is 8.46. The second kappa shape index (κ2) is 8.17. The molecule has 0 saturated heterocycles. The summed E-state index contributed by atoms with van der Waals surface area (Å²) in [5.41, 5.74) is 8.90. The van der Waals surface area contributed by atoms with E-state index in [1.54, 1.807) is 24.3 Å². The highest BCUT2D eigenvalue weighted by atomic mass is 16.5. The van der Waals surface area contributed by atoms with Crippen molar-refractivity contribution in [2.24, 2.45) is 10.7 Å². The van der Waals surface area contributed by atoms with Crippen LogP contribution in [0.25, 0.3) is 0 Å². The molecule has 0 fully saturated rings. The molecule has 1 atom stereocenters. The zero-order valence-electron chi connectivity index (χ0n) is 14.3. The molecule has 6 heteroatoms. The Hall–Kier alpha value is -3.33. The topological polar surface area (TPSA) is 100 Å². The third-order valence-corrected chi connectivity index (χ3v) is 4.19. The number of nitrogens with zero attached hydrogens (tertiary/aromatic N) is 2. The fourth-order valence-corrected chi connectivity index (χ4v) is 2.76. The molecule has 0 spiro atoms. The van der Waals surface area contributed by atoms with Gasteiger partial charge in [-0.3, -0.25) is 4.79 Å². The van der Waals surface area contributed by atoms with E-state index < -0.39 is 0 Å². The second-order valence-corrected chi connectivity index (χ2v) is 6.20. The summed E-state index contributed by atoms with van der Waals surface area (Å²) in [5, 5.41) is 11.7. The number of anilines is 1. The van der Waals surface area contributed by atoms with Crippen LogP contribution in [0.2, 0.25) is 0 Å². The van der Waals surface area contributed by atoms with Crippen LogP contribution in [-0.4, -0.2) is 24.6 Å². The number of benzene rings is 2. The predicted molar refractivity (Wildman–Crippen MR) is 99.6 cm³/mol. The van der Waals surface area contributed by atoms with Crippen LogP contribution >= 0.6 is 0 Å². The molecule has 26 heavy (non-hydrogen) atoms. The van der Waals surface area contributed by atoms with Crippen molar-refractivity contribution in [2.45, 2.75) is 25.3 Å². The van der Waals surface area contributed by atoms with Crippen molar-refractivity contribution in [3.8, 4) is 6.07 Å². The highest BCUT2D eigenvalue weighted by Crippen LogP contribution is 2.15. The van der Waals surface area contributed by atoms with E-state index >= 15 is 0 Å². The van der Waals surface area contributed by atoms with Gasteiger partial charge in [-0.15, -0.1) is 0 Å². The molecule has 0 saturated carbocycles. The molecule has 1 heterocycles. The first kappa shape index (κ1) is 17.5. The molecule has 0 unspecified atom stereocenters. The van der Waals surface area contributed by atoms with Gasteiger partial charge in [0.2, 0.25) is 5.91 Å². The maximum absolute atomic E-state index is 12.1. The van der Waals surface area contributed by atoms with Crippen molar-refractivity contribution >= 4 is 17.6 Å². The first-order chi connectivity index (χ1) is 12.6. The number of ether oxygens (including phenoxy) is 1. The van der Waals surface area contributed by atoms with Crippen molar-refractivity contribution in [1.82, 2.24) is 0 Å². The molecule has 0 bridgehead atoms. The van der Waals surface area contributed by atoms with Gasteiger partial charge in [0.05, 0.1) is 24.1 Å². The number of carbonyl (C=O) groups is 1. The Bertz CT molecular complexity index is 836. The molecule has 1 aliphatic rings. The number of nitriles is 1. The lowest BCUT2D eigenvalue weighted by molar-refractivity contribution is -0.115. The normalized spacial score (nSPS) is 15.7. The smallest absolute Gasteiger partial charge is 0.282 e. The number of aliphatic imine (C=N–C) groups is 1. The molecule has 3 rings (SSSR count). The summed E-state index contributed by atoms with van der Waals surface area (Å²) in [4.78, 5) is 16.3. The van der Waals surface area contributed by atoms with Crippen LogP contribution in [-0.2, 0) is 22.4 Å². The molecule has 2 aromatic carbocycles. The lowest BCUT2D eigenvalue weighted by Gasteiger charge is -2.08. The van der Waals surface area contributed by atoms with E-state index in [0.29, 0.717) is 12.2 Å². The number of hydrogen-bond acceptors (Lipinski definition) is 5. The van der Waals surface area contributed by atoms with Crippen LogP contribution in [0.3, 0.4) is 0 Å². The van der Waals surface area contributed by atoms with E-state index in [1.807, 2.05) is 24.3 Å². The number of rotatable bonds is 6. The minimum atomic E-state index is -0.0876. The Kier molecular flexibility index (Phi) is 5.49. The Balaban J connectivity index is 1.48. The van der Waals surface area contributed by atoms with Gasteiger partial charge in [-0.2, -0.15) is 5.26 Å². The minimum Gasteiger partial charge on any atom is -0.463 e. The SMILES string of the molecule is N#Cc1ccc(CC(=O)Nc2ccc(CC[C@H]3COC(N)=N3)cc2)cc1. The van der Waals surface area contributed by atoms with Crippen LogP contribution in [0.15, 0.2) is 53.5 Å². The second-order valence-electron chi connectivity index (χ2n) is 6.20. The third kappa shape index (κ3) is 4.84. The van der Waals surface area contributed by atoms with Crippen molar-refractivity contribution < 1.29 is 9.53 Å². The summed E-state index contributed by atoms with van der Waals surface area (Å²) >= 11 is 0. The average Bonchev–Trinajstić information content (AvgIpc) is 3.07. The van der Waals surface area contributed by atoms with E-state index in [-0.39, 0.29) is 24.4 Å². The number of nitrogens with two attached hydrogens (primary N) is 1. The predicted octanol–water partition coefficient (Wildman–Crippen LogP) is 2.39. The number of amides is 1. The molecule has 132 valence electrons. The Labute approximate surface area is 152 Å². The van der Waals surface area contributed by atoms with Crippen molar-refractivity contribution in [3.05, 3.63) is 65.2 Å². The summed E-state index contributed by atoms with van der Waals surface area (Å²) in [6.07, 6.45) is 2.03. The maximum Gasteiger partial charge on any atom is 0.282 e. The number of nitrogens with one attached hydrogen (secondary N) is 1. The van der Waals surface area contributed by atoms with Crippen molar-refractivity contribution in [1.29, 1.82) is 5.26 Å². The standard InChI is InChI=1S/C20H20N4O2/c21-12-16-3-1-15(2-4-16)11-19(25)23-17-8-5-14(6-9-17)7-10-18-13-26-20(22)24-18/h1-6,8-9,18H,7,10-11,13H2,(H2,22,24)(H,23,25)/t18-/m0/s1. The zero-order valence-corrected chi connectivity index (χ0v) is 14.3. The molecule has 2 aromatic rings. The van der Waals surface area contributed by atoms with Crippen molar-refractivity contribution in [3.63, 3.8) is 0 Å². The van der Waals surface area contributed by atoms with Crippen LogP contribution < -0.4 is 11.1 Å². The van der Waals surface area contributed by atoms with Crippen LogP contribution in [0, 0.1) is 11.3 Å². The molecule has 0 aromatic heterocycles. The Morgan fingerprint density at radius 2 is 1.88 bits per heavy atom. The highest BCUT2D eigenvalue weighted by Gasteiger charge is 2.16. The Morgan fingerprint density at radius 3 is 2.50 bits per heavy atom. The van der Waals surface area contributed by atoms with Crippen LogP contribution in [0.5, 0.6) is 0 Å². The van der Waals surface area contributed by atoms with Crippen molar-refractivity contribution in [2.75, 3.05) is 11.9 Å². The number of amidine groups is 1. The summed E-state index contributed by atoms with van der Waals surface area (Å²) < 4.78 is 5.14. The summed E-state index contributed by atoms with van der Waals surface area (Å²) in [6, 6.07) is 17.3. The lowest BCUT2D eigenvalue weighted by Crippen LogP contribution is -2.14. The fourth-order valence-electron chi connectivity index (χ4n) is 2.76. The molecular weight excluding hydrogens is 328 g/mol. The molecule has 3 N–H and O–H groups in total. The van der Waals surface area contributed by atoms with Gasteiger partial charge in [-0.25, -0.2) is 4.99 Å². The van der Waals surface area contributed by atoms with Gasteiger partial charge in [0.25, 0.3) is 6.02 Å². The molecule has 1 aliphatic heterocycles. The van der Waals surface area contributed by atoms with E-state index in [4.69, 9.17) is 15.7 Å². The largest absolute Gasteiger partial charge is 0.463 e. The number of hydrogen-bond donors (Lipinski definition) is 2. The van der Waals surface area contributed by atoms with Gasteiger partial charge < -0.3 is 15.8 Å². The minimum absolute atomic E-state index is 0.0876. The summed E-state index contributed by atoms with van der Waals surface area (Å²) in [5.74, 6) is -0.0876. The quantitative estimate of drug-likeness (QED) is 0.837. The van der Waals surface area contributed by atoms with Gasteiger partial charge in [-0.1, -0.05) is 24.3 Å². The average molecular weight is 348 g/mol. The number of aryl methyl sites for hydroxylation is 1. The maximum atomic E-state index is 12.1. The molecular formula is C20H20N4O2. The van der Waals surface area contributed by atoms with Gasteiger partial charge in [0.1, 0.15) is 6.61 Å². The fraction of sp³-hybridized carbons (Fsp3) is 0.250. The van der Waals surface area contributed by atoms with E-state index in [2.05, 4.69) is 16.4 Å². The van der Waals surface area contributed by atoms with Crippen LogP contribution in [0.4, 0.5) is 5.69 Å². The molecule has 0 radical (unpaired) electrons.